The third-order valence-corrected chi connectivity index (χ3v) is 5.21. The first-order chi connectivity index (χ1) is 14.2. The average Bonchev–Trinajstić information content (AvgIpc) is 2.59. The van der Waals surface area contributed by atoms with Crippen LogP contribution in [-0.4, -0.2) is 58.1 Å². The summed E-state index contributed by atoms with van der Waals surface area (Å²) < 4.78 is 19.1. The molecule has 1 N–H and O–H groups in total. The van der Waals surface area contributed by atoms with Crippen molar-refractivity contribution in [2.24, 2.45) is 0 Å². The molecule has 1 aromatic rings. The Morgan fingerprint density at radius 2 is 1.65 bits per heavy atom. The molecule has 2 rings (SSSR count). The topological polar surface area (TPSA) is 61.9 Å². The lowest BCUT2D eigenvalue weighted by Crippen LogP contribution is -2.59. The number of hydrogen-bond acceptors (Lipinski definition) is 4. The largest absolute Gasteiger partial charge is 0.444 e. The summed E-state index contributed by atoms with van der Waals surface area (Å²) in [4.78, 5) is 29.4. The van der Waals surface area contributed by atoms with Crippen LogP contribution < -0.4 is 5.32 Å². The van der Waals surface area contributed by atoms with E-state index in [-0.39, 0.29) is 47.9 Å². The highest BCUT2D eigenvalue weighted by Crippen LogP contribution is 2.31. The number of rotatable bonds is 4. The summed E-state index contributed by atoms with van der Waals surface area (Å²) in [5.41, 5.74) is -0.00679. The van der Waals surface area contributed by atoms with Gasteiger partial charge in [-0.1, -0.05) is 12.1 Å². The lowest BCUT2D eigenvalue weighted by molar-refractivity contribution is -0.124. The first kappa shape index (κ1) is 25.1. The van der Waals surface area contributed by atoms with E-state index in [0.717, 1.165) is 5.56 Å². The van der Waals surface area contributed by atoms with E-state index in [1.165, 1.54) is 12.1 Å². The minimum atomic E-state index is -0.557. The van der Waals surface area contributed by atoms with Gasteiger partial charge in [0.25, 0.3) is 0 Å². The second-order valence-corrected chi connectivity index (χ2v) is 10.6. The fraction of sp³-hybridized carbons (Fsp3) is 0.667. The number of ether oxygens (including phenoxy) is 1. The molecule has 1 aromatic carbocycles. The van der Waals surface area contributed by atoms with Gasteiger partial charge in [0.15, 0.2) is 0 Å². The summed E-state index contributed by atoms with van der Waals surface area (Å²) >= 11 is 0. The van der Waals surface area contributed by atoms with E-state index in [9.17, 15) is 14.0 Å². The molecule has 0 aromatic heterocycles. The molecule has 174 valence electrons. The number of nitrogens with one attached hydrogen (secondary N) is 1. The highest BCUT2D eigenvalue weighted by Gasteiger charge is 2.38. The fourth-order valence-electron chi connectivity index (χ4n) is 3.92. The Morgan fingerprint density at radius 3 is 2.16 bits per heavy atom. The molecule has 2 amide bonds. The highest BCUT2D eigenvalue weighted by molar-refractivity contribution is 5.77. The minimum Gasteiger partial charge on any atom is -0.444 e. The minimum absolute atomic E-state index is 0.00112. The zero-order valence-electron chi connectivity index (χ0n) is 20.2. The second-order valence-electron chi connectivity index (χ2n) is 10.6. The van der Waals surface area contributed by atoms with E-state index in [0.29, 0.717) is 13.1 Å². The van der Waals surface area contributed by atoms with Crippen LogP contribution in [0.25, 0.3) is 0 Å². The van der Waals surface area contributed by atoms with Crippen LogP contribution in [0, 0.1) is 5.82 Å². The van der Waals surface area contributed by atoms with E-state index >= 15 is 0 Å². The molecular formula is C24H38FN3O3. The van der Waals surface area contributed by atoms with Crippen molar-refractivity contribution >= 4 is 12.0 Å². The molecular weight excluding hydrogens is 397 g/mol. The Bertz CT molecular complexity index is 768. The van der Waals surface area contributed by atoms with Crippen LogP contribution in [0.2, 0.25) is 0 Å². The van der Waals surface area contributed by atoms with Crippen molar-refractivity contribution in [2.75, 3.05) is 13.1 Å². The van der Waals surface area contributed by atoms with E-state index in [1.54, 1.807) is 17.0 Å². The van der Waals surface area contributed by atoms with Gasteiger partial charge >= 0.3 is 6.09 Å². The highest BCUT2D eigenvalue weighted by atomic mass is 19.1. The van der Waals surface area contributed by atoms with Crippen molar-refractivity contribution in [1.29, 1.82) is 0 Å². The molecule has 1 aliphatic heterocycles. The number of amides is 2. The number of piperazine rings is 1. The predicted octanol–water partition coefficient (Wildman–Crippen LogP) is 4.50. The monoisotopic (exact) mass is 435 g/mol. The number of benzene rings is 1. The van der Waals surface area contributed by atoms with Crippen LogP contribution in [0.15, 0.2) is 24.3 Å². The zero-order valence-corrected chi connectivity index (χ0v) is 20.2. The Hall–Kier alpha value is -2.15. The summed E-state index contributed by atoms with van der Waals surface area (Å²) in [6.45, 7) is 16.5. The second kappa shape index (κ2) is 9.55. The summed E-state index contributed by atoms with van der Waals surface area (Å²) in [7, 11) is 0. The molecule has 31 heavy (non-hydrogen) atoms. The van der Waals surface area contributed by atoms with Crippen molar-refractivity contribution in [3.05, 3.63) is 35.6 Å². The molecule has 1 heterocycles. The molecule has 1 aliphatic rings. The number of carbonyl (C=O) groups excluding carboxylic acids is 2. The maximum absolute atomic E-state index is 13.5. The van der Waals surface area contributed by atoms with Crippen molar-refractivity contribution in [2.45, 2.75) is 91.1 Å². The molecule has 0 spiro atoms. The molecule has 6 nitrogen and oxygen atoms in total. The van der Waals surface area contributed by atoms with Crippen LogP contribution >= 0.6 is 0 Å². The number of halogens is 1. The van der Waals surface area contributed by atoms with E-state index in [1.807, 2.05) is 55.4 Å². The molecule has 7 heteroatoms. The molecule has 1 fully saturated rings. The van der Waals surface area contributed by atoms with Gasteiger partial charge in [0.1, 0.15) is 11.4 Å². The lowest BCUT2D eigenvalue weighted by Gasteiger charge is -2.47. The number of nitrogens with zero attached hydrogens (tertiary/aromatic N) is 2. The van der Waals surface area contributed by atoms with Gasteiger partial charge in [-0.15, -0.1) is 0 Å². The summed E-state index contributed by atoms with van der Waals surface area (Å²) in [6, 6.07) is 6.02. The van der Waals surface area contributed by atoms with Gasteiger partial charge in [0.2, 0.25) is 5.91 Å². The van der Waals surface area contributed by atoms with Crippen LogP contribution in [0.5, 0.6) is 0 Å². The Morgan fingerprint density at radius 1 is 1.06 bits per heavy atom. The quantitative estimate of drug-likeness (QED) is 0.756. The Kier molecular flexibility index (Phi) is 7.74. The summed E-state index contributed by atoms with van der Waals surface area (Å²) in [6.07, 6.45) is -0.0674. The van der Waals surface area contributed by atoms with Gasteiger partial charge in [0, 0.05) is 43.2 Å². The van der Waals surface area contributed by atoms with Gasteiger partial charge in [-0.05, 0) is 73.1 Å². The maximum atomic E-state index is 13.5. The molecule has 0 saturated carbocycles. The van der Waals surface area contributed by atoms with E-state index in [2.05, 4.69) is 10.2 Å². The normalized spacial score (nSPS) is 21.5. The van der Waals surface area contributed by atoms with E-state index < -0.39 is 5.60 Å². The van der Waals surface area contributed by atoms with Gasteiger partial charge in [0.05, 0.1) is 0 Å². The van der Waals surface area contributed by atoms with E-state index in [4.69, 9.17) is 4.74 Å². The average molecular weight is 436 g/mol. The van der Waals surface area contributed by atoms with Crippen molar-refractivity contribution in [1.82, 2.24) is 15.1 Å². The first-order valence-corrected chi connectivity index (χ1v) is 11.0. The zero-order chi connectivity index (χ0) is 23.6. The van der Waals surface area contributed by atoms with Crippen LogP contribution in [0.3, 0.4) is 0 Å². The molecule has 0 bridgehead atoms. The SMILES string of the molecule is C[C@@H]1CN(C(=O)OC(C)(C)C)[C@@H](C)CN1C(CC(=O)NC(C)(C)C)c1ccc(F)cc1. The third-order valence-electron chi connectivity index (χ3n) is 5.21. The molecule has 3 atom stereocenters. The van der Waals surface area contributed by atoms with Gasteiger partial charge in [-0.2, -0.15) is 0 Å². The van der Waals surface area contributed by atoms with Crippen molar-refractivity contribution in [3.8, 4) is 0 Å². The molecule has 0 aliphatic carbocycles. The Balaban J connectivity index is 2.24. The maximum Gasteiger partial charge on any atom is 0.410 e. The van der Waals surface area contributed by atoms with Crippen molar-refractivity contribution < 1.29 is 18.7 Å². The first-order valence-electron chi connectivity index (χ1n) is 11.0. The van der Waals surface area contributed by atoms with Crippen LogP contribution in [0.1, 0.15) is 73.4 Å². The Labute approximate surface area is 186 Å². The lowest BCUT2D eigenvalue weighted by atomic mass is 9.96. The smallest absolute Gasteiger partial charge is 0.410 e. The van der Waals surface area contributed by atoms with Gasteiger partial charge in [-0.3, -0.25) is 9.69 Å². The third kappa shape index (κ3) is 7.49. The van der Waals surface area contributed by atoms with Crippen LogP contribution in [0.4, 0.5) is 9.18 Å². The molecule has 1 saturated heterocycles. The van der Waals surface area contributed by atoms with Crippen molar-refractivity contribution in [3.63, 3.8) is 0 Å². The summed E-state index contributed by atoms with van der Waals surface area (Å²) in [5, 5.41) is 3.02. The summed E-state index contributed by atoms with van der Waals surface area (Å²) in [5.74, 6) is -0.367. The van der Waals surface area contributed by atoms with Gasteiger partial charge in [-0.25, -0.2) is 9.18 Å². The fourth-order valence-corrected chi connectivity index (χ4v) is 3.92. The standard InChI is InChI=1S/C24H38FN3O3/c1-16-15-28(22(30)31-24(6,7)8)17(2)14-27(16)20(13-21(29)26-23(3,4)5)18-9-11-19(25)12-10-18/h9-12,16-17,20H,13-15H2,1-8H3,(H,26,29)/t16-,17+,20?/m1/s1. The number of carbonyl (C=O) groups is 2. The predicted molar refractivity (Wildman–Crippen MR) is 120 cm³/mol. The molecule has 0 radical (unpaired) electrons. The number of hydrogen-bond donors (Lipinski definition) is 1. The molecule has 1 unspecified atom stereocenters. The van der Waals surface area contributed by atoms with Gasteiger partial charge < -0.3 is 15.0 Å². The van der Waals surface area contributed by atoms with Crippen LogP contribution in [-0.2, 0) is 9.53 Å².